The smallest absolute Gasteiger partial charge is 0.433 e. The molecule has 0 saturated carbocycles. The van der Waals surface area contributed by atoms with Gasteiger partial charge in [-0.3, -0.25) is 4.98 Å². The quantitative estimate of drug-likeness (QED) is 0.694. The summed E-state index contributed by atoms with van der Waals surface area (Å²) in [6.07, 6.45) is -4.14. The Morgan fingerprint density at radius 2 is 1.97 bits per heavy atom. The molecule has 0 radical (unpaired) electrons. The molecule has 0 fully saturated rings. The highest BCUT2D eigenvalue weighted by Crippen LogP contribution is 2.32. The van der Waals surface area contributed by atoms with Gasteiger partial charge in [-0.15, -0.1) is 0 Å². The van der Waals surface area contributed by atoms with Gasteiger partial charge in [0.25, 0.3) is 0 Å². The zero-order valence-corrected chi connectivity index (χ0v) is 15.8. The molecule has 0 bridgehead atoms. The van der Waals surface area contributed by atoms with Crippen molar-refractivity contribution in [1.82, 2.24) is 10.3 Å². The van der Waals surface area contributed by atoms with Gasteiger partial charge in [-0.1, -0.05) is 19.9 Å². The second-order valence-electron chi connectivity index (χ2n) is 6.84. The van der Waals surface area contributed by atoms with E-state index in [-0.39, 0.29) is 29.4 Å². The van der Waals surface area contributed by atoms with Crippen molar-refractivity contribution in [1.29, 1.82) is 5.26 Å². The molecule has 0 spiro atoms. The first-order chi connectivity index (χ1) is 13.6. The van der Waals surface area contributed by atoms with Gasteiger partial charge < -0.3 is 15.2 Å². The number of halogens is 3. The van der Waals surface area contributed by atoms with Crippen LogP contribution >= 0.6 is 0 Å². The molecule has 0 aliphatic heterocycles. The van der Waals surface area contributed by atoms with Gasteiger partial charge in [0.15, 0.2) is 0 Å². The normalized spacial score (nSPS) is 12.3. The Labute approximate surface area is 166 Å². The number of alkyl halides is 3. The number of benzene rings is 1. The van der Waals surface area contributed by atoms with Crippen LogP contribution in [0, 0.1) is 17.2 Å². The van der Waals surface area contributed by atoms with Crippen LogP contribution in [0.1, 0.15) is 31.5 Å². The Bertz CT molecular complexity index is 908. The van der Waals surface area contributed by atoms with Crippen LogP contribution < -0.4 is 10.1 Å². The monoisotopic (exact) mass is 407 g/mol. The maximum Gasteiger partial charge on any atom is 0.433 e. The highest BCUT2D eigenvalue weighted by Gasteiger charge is 2.32. The van der Waals surface area contributed by atoms with Crippen LogP contribution in [-0.2, 0) is 6.18 Å². The van der Waals surface area contributed by atoms with E-state index in [0.717, 1.165) is 12.3 Å². The molecule has 1 amide bonds. The zero-order chi connectivity index (χ0) is 21.6. The summed E-state index contributed by atoms with van der Waals surface area (Å²) in [5.74, 6) is 0.449. The summed E-state index contributed by atoms with van der Waals surface area (Å²) in [6, 6.07) is 8.26. The molecule has 1 unspecified atom stereocenters. The molecule has 1 atom stereocenters. The first-order valence-corrected chi connectivity index (χ1v) is 8.80. The zero-order valence-electron chi connectivity index (χ0n) is 15.8. The minimum atomic E-state index is -4.57. The van der Waals surface area contributed by atoms with E-state index in [4.69, 9.17) is 9.84 Å². The van der Waals surface area contributed by atoms with Crippen molar-refractivity contribution in [2.24, 2.45) is 5.92 Å². The average Bonchev–Trinajstić information content (AvgIpc) is 2.64. The van der Waals surface area contributed by atoms with Gasteiger partial charge in [0.2, 0.25) is 0 Å². The summed E-state index contributed by atoms with van der Waals surface area (Å²) in [6.45, 7) is 3.90. The topological polar surface area (TPSA) is 95.2 Å². The molecular formula is C20H20F3N3O3. The molecule has 6 nitrogen and oxygen atoms in total. The van der Waals surface area contributed by atoms with Crippen LogP contribution in [0.25, 0.3) is 11.1 Å². The lowest BCUT2D eigenvalue weighted by atomic mass is 10.0. The van der Waals surface area contributed by atoms with E-state index in [1.807, 2.05) is 19.9 Å². The predicted molar refractivity (Wildman–Crippen MR) is 99.3 cm³/mol. The van der Waals surface area contributed by atoms with Crippen molar-refractivity contribution in [3.8, 4) is 22.9 Å². The molecule has 1 heterocycles. The summed E-state index contributed by atoms with van der Waals surface area (Å²) < 4.78 is 44.2. The molecule has 1 aromatic carbocycles. The molecule has 0 saturated heterocycles. The van der Waals surface area contributed by atoms with Crippen LogP contribution in [0.4, 0.5) is 18.0 Å². The lowest BCUT2D eigenvalue weighted by Crippen LogP contribution is -2.39. The largest absolute Gasteiger partial charge is 0.490 e. The Morgan fingerprint density at radius 3 is 2.55 bits per heavy atom. The number of nitriles is 1. The molecular weight excluding hydrogens is 387 g/mol. The van der Waals surface area contributed by atoms with E-state index in [9.17, 15) is 23.2 Å². The number of hydrogen-bond donors (Lipinski definition) is 2. The average molecular weight is 407 g/mol. The number of pyridine rings is 1. The molecule has 29 heavy (non-hydrogen) atoms. The van der Waals surface area contributed by atoms with Crippen LogP contribution in [0.5, 0.6) is 5.75 Å². The number of amides is 1. The van der Waals surface area contributed by atoms with E-state index in [0.29, 0.717) is 12.0 Å². The maximum atomic E-state index is 12.9. The molecule has 2 N–H and O–H groups in total. The van der Waals surface area contributed by atoms with Gasteiger partial charge in [-0.2, -0.15) is 18.4 Å². The summed E-state index contributed by atoms with van der Waals surface area (Å²) in [5.41, 5.74) is -0.221. The number of nitrogens with one attached hydrogen (secondary N) is 1. The number of hydrogen-bond acceptors (Lipinski definition) is 4. The van der Waals surface area contributed by atoms with Crippen LogP contribution in [0.2, 0.25) is 0 Å². The SMILES string of the molecule is CC(C)CC(COc1ccc(-c2ccnc(C(F)(F)F)c2)cc1C#N)NC(=O)O. The Morgan fingerprint density at radius 1 is 1.28 bits per heavy atom. The van der Waals surface area contributed by atoms with Gasteiger partial charge in [0, 0.05) is 6.20 Å². The van der Waals surface area contributed by atoms with Crippen molar-refractivity contribution in [3.63, 3.8) is 0 Å². The van der Waals surface area contributed by atoms with Gasteiger partial charge in [-0.05, 0) is 47.7 Å². The molecule has 0 aliphatic rings. The fourth-order valence-electron chi connectivity index (χ4n) is 2.79. The van der Waals surface area contributed by atoms with E-state index >= 15 is 0 Å². The van der Waals surface area contributed by atoms with Crippen LogP contribution in [0.15, 0.2) is 36.5 Å². The summed E-state index contributed by atoms with van der Waals surface area (Å²) >= 11 is 0. The maximum absolute atomic E-state index is 12.9. The van der Waals surface area contributed by atoms with Crippen molar-refractivity contribution in [2.75, 3.05) is 6.61 Å². The molecule has 2 aromatic rings. The Kier molecular flexibility index (Phi) is 7.04. The van der Waals surface area contributed by atoms with Gasteiger partial charge in [0.1, 0.15) is 24.1 Å². The highest BCUT2D eigenvalue weighted by atomic mass is 19.4. The highest BCUT2D eigenvalue weighted by molar-refractivity contribution is 5.67. The minimum Gasteiger partial charge on any atom is -0.490 e. The number of ether oxygens (including phenoxy) is 1. The number of rotatable bonds is 7. The number of carboxylic acid groups (broad SMARTS) is 1. The minimum absolute atomic E-state index is 0.0198. The number of carbonyl (C=O) groups is 1. The van der Waals surface area contributed by atoms with Crippen molar-refractivity contribution >= 4 is 6.09 Å². The first kappa shape index (κ1) is 22.0. The Hall–Kier alpha value is -3.28. The molecule has 154 valence electrons. The van der Waals surface area contributed by atoms with Crippen LogP contribution in [0.3, 0.4) is 0 Å². The lowest BCUT2D eigenvalue weighted by molar-refractivity contribution is -0.141. The molecule has 0 aliphatic carbocycles. The van der Waals surface area contributed by atoms with E-state index in [1.54, 1.807) is 0 Å². The van der Waals surface area contributed by atoms with E-state index in [2.05, 4.69) is 10.3 Å². The fraction of sp³-hybridized carbons (Fsp3) is 0.350. The van der Waals surface area contributed by atoms with Crippen molar-refractivity contribution in [3.05, 3.63) is 47.8 Å². The second kappa shape index (κ2) is 9.28. The number of nitrogens with zero attached hydrogens (tertiary/aromatic N) is 2. The molecule has 2 rings (SSSR count). The first-order valence-electron chi connectivity index (χ1n) is 8.80. The van der Waals surface area contributed by atoms with E-state index < -0.39 is 24.0 Å². The van der Waals surface area contributed by atoms with Gasteiger partial charge >= 0.3 is 12.3 Å². The third-order valence-electron chi connectivity index (χ3n) is 4.01. The van der Waals surface area contributed by atoms with Crippen molar-refractivity contribution < 1.29 is 27.8 Å². The molecule has 1 aromatic heterocycles. The van der Waals surface area contributed by atoms with Gasteiger partial charge in [-0.25, -0.2) is 4.79 Å². The van der Waals surface area contributed by atoms with Gasteiger partial charge in [0.05, 0.1) is 11.6 Å². The predicted octanol–water partition coefficient (Wildman–Crippen LogP) is 4.70. The van der Waals surface area contributed by atoms with E-state index in [1.165, 1.54) is 24.3 Å². The van der Waals surface area contributed by atoms with Crippen LogP contribution in [-0.4, -0.2) is 28.8 Å². The Balaban J connectivity index is 2.23. The third-order valence-corrected chi connectivity index (χ3v) is 4.01. The fourth-order valence-corrected chi connectivity index (χ4v) is 2.79. The second-order valence-corrected chi connectivity index (χ2v) is 6.84. The molecule has 9 heteroatoms. The summed E-state index contributed by atoms with van der Waals surface area (Å²) in [5, 5.41) is 20.7. The number of aromatic nitrogens is 1. The standard InChI is InChI=1S/C20H20F3N3O3/c1-12(2)7-16(26-19(27)28)11-29-17-4-3-13(8-15(17)10-24)14-5-6-25-18(9-14)20(21,22)23/h3-6,8-9,12,16,26H,7,11H2,1-2H3,(H,27,28). The summed E-state index contributed by atoms with van der Waals surface area (Å²) in [4.78, 5) is 14.2. The lowest BCUT2D eigenvalue weighted by Gasteiger charge is -2.20. The summed E-state index contributed by atoms with van der Waals surface area (Å²) in [7, 11) is 0. The van der Waals surface area contributed by atoms with Crippen molar-refractivity contribution in [2.45, 2.75) is 32.5 Å². The third kappa shape index (κ3) is 6.38.